The third kappa shape index (κ3) is 4.91. The first-order valence-electron chi connectivity index (χ1n) is 3.11. The Kier molecular flexibility index (Phi) is 5.50. The Hall–Kier alpha value is 0.440. The van der Waals surface area contributed by atoms with Crippen molar-refractivity contribution in [2.24, 2.45) is 5.92 Å². The van der Waals surface area contributed by atoms with Gasteiger partial charge in [-0.3, -0.25) is 0 Å². The van der Waals surface area contributed by atoms with E-state index < -0.39 is 0 Å². The minimum absolute atomic E-state index is 0.730. The predicted molar refractivity (Wildman–Crippen MR) is 49.7 cm³/mol. The van der Waals surface area contributed by atoms with E-state index in [4.69, 9.17) is 0 Å². The quantitative estimate of drug-likeness (QED) is 0.580. The minimum atomic E-state index is 0.730. The van der Waals surface area contributed by atoms with Crippen LogP contribution in [-0.4, -0.2) is 5.25 Å². The summed E-state index contributed by atoms with van der Waals surface area (Å²) in [7, 11) is 3.61. The zero-order chi connectivity index (χ0) is 7.28. The zero-order valence-corrected chi connectivity index (χ0v) is 7.89. The van der Waals surface area contributed by atoms with Crippen LogP contribution in [0.5, 0.6) is 0 Å². The number of hydrogen-bond donors (Lipinski definition) is 0. The van der Waals surface area contributed by atoms with Crippen molar-refractivity contribution >= 4 is 21.6 Å². The van der Waals surface area contributed by atoms with Gasteiger partial charge in [0.1, 0.15) is 0 Å². The summed E-state index contributed by atoms with van der Waals surface area (Å²) in [5.41, 5.74) is 0. The number of rotatable bonds is 4. The molecule has 0 aliphatic rings. The van der Waals surface area contributed by atoms with Crippen LogP contribution in [0.4, 0.5) is 0 Å². The molecule has 0 saturated carbocycles. The van der Waals surface area contributed by atoms with Gasteiger partial charge in [0.25, 0.3) is 0 Å². The van der Waals surface area contributed by atoms with Crippen LogP contribution in [-0.2, 0) is 0 Å². The molecule has 0 N–H and O–H groups in total. The van der Waals surface area contributed by atoms with Crippen molar-refractivity contribution in [2.75, 3.05) is 0 Å². The van der Waals surface area contributed by atoms with E-state index >= 15 is 0 Å². The van der Waals surface area contributed by atoms with Gasteiger partial charge < -0.3 is 0 Å². The molecule has 1 atom stereocenters. The summed E-state index contributed by atoms with van der Waals surface area (Å²) in [5, 5.41) is 2.61. The van der Waals surface area contributed by atoms with Crippen LogP contribution in [0.2, 0.25) is 0 Å². The van der Waals surface area contributed by atoms with E-state index in [0.717, 1.165) is 11.2 Å². The Balaban J connectivity index is 3.26. The van der Waals surface area contributed by atoms with Crippen LogP contribution >= 0.6 is 21.6 Å². The van der Waals surface area contributed by atoms with E-state index in [1.165, 1.54) is 0 Å². The fourth-order valence-electron chi connectivity index (χ4n) is 0.238. The first kappa shape index (κ1) is 9.44. The Labute approximate surface area is 65.9 Å². The van der Waals surface area contributed by atoms with Gasteiger partial charge in [-0.05, 0) is 11.3 Å². The summed E-state index contributed by atoms with van der Waals surface area (Å²) in [6, 6.07) is 0. The predicted octanol–water partition coefficient (Wildman–Crippen LogP) is 3.56. The highest BCUT2D eigenvalue weighted by atomic mass is 33.1. The molecule has 0 bridgehead atoms. The van der Waals surface area contributed by atoms with Crippen LogP contribution in [0.25, 0.3) is 0 Å². The molecular weight excluding hydrogens is 148 g/mol. The fraction of sp³-hybridized carbons (Fsp3) is 0.714. The summed E-state index contributed by atoms with van der Waals surface area (Å²) in [4.78, 5) is 0. The molecule has 0 rings (SSSR count). The summed E-state index contributed by atoms with van der Waals surface area (Å²) < 4.78 is 0. The highest BCUT2D eigenvalue weighted by Crippen LogP contribution is 2.30. The molecule has 2 heteroatoms. The summed E-state index contributed by atoms with van der Waals surface area (Å²) in [5.74, 6) is 0.766. The second-order valence-corrected chi connectivity index (χ2v) is 4.92. The van der Waals surface area contributed by atoms with E-state index in [9.17, 15) is 0 Å². The van der Waals surface area contributed by atoms with Crippen LogP contribution in [0.15, 0.2) is 12.0 Å². The second-order valence-electron chi connectivity index (χ2n) is 2.31. The minimum Gasteiger partial charge on any atom is -0.0919 e. The molecular formula is C7H14S2. The molecule has 0 radical (unpaired) electrons. The molecule has 0 aromatic carbocycles. The molecule has 9 heavy (non-hydrogen) atoms. The molecule has 0 fully saturated rings. The summed E-state index contributed by atoms with van der Waals surface area (Å²) in [6.07, 6.45) is 0. The van der Waals surface area contributed by atoms with Crippen LogP contribution < -0.4 is 0 Å². The molecule has 0 amide bonds. The summed E-state index contributed by atoms with van der Waals surface area (Å²) >= 11 is 0. The van der Waals surface area contributed by atoms with Crippen molar-refractivity contribution in [3.8, 4) is 0 Å². The standard InChI is InChI=1S/C7H14S2/c1-5-8-9-7(4)6(2)3/h5-7H,1H2,2-4H3. The molecule has 0 heterocycles. The molecule has 0 aliphatic heterocycles. The van der Waals surface area contributed by atoms with Gasteiger partial charge in [-0.2, -0.15) is 0 Å². The van der Waals surface area contributed by atoms with E-state index in [1.54, 1.807) is 10.8 Å². The molecule has 54 valence electrons. The lowest BCUT2D eigenvalue weighted by Gasteiger charge is -2.11. The van der Waals surface area contributed by atoms with Gasteiger partial charge in [0.2, 0.25) is 0 Å². The first-order chi connectivity index (χ1) is 4.18. The zero-order valence-electron chi connectivity index (χ0n) is 6.26. The van der Waals surface area contributed by atoms with Gasteiger partial charge in [-0.15, -0.1) is 0 Å². The van der Waals surface area contributed by atoms with E-state index in [2.05, 4.69) is 27.4 Å². The lowest BCUT2D eigenvalue weighted by atomic mass is 10.2. The van der Waals surface area contributed by atoms with Crippen molar-refractivity contribution in [1.82, 2.24) is 0 Å². The van der Waals surface area contributed by atoms with Gasteiger partial charge in [0.15, 0.2) is 0 Å². The van der Waals surface area contributed by atoms with E-state index in [0.29, 0.717) is 0 Å². The SMILES string of the molecule is C=CSSC(C)C(C)C. The van der Waals surface area contributed by atoms with Crippen molar-refractivity contribution in [2.45, 2.75) is 26.0 Å². The topological polar surface area (TPSA) is 0 Å². The monoisotopic (exact) mass is 162 g/mol. The van der Waals surface area contributed by atoms with Crippen molar-refractivity contribution in [1.29, 1.82) is 0 Å². The molecule has 0 spiro atoms. The molecule has 0 aromatic heterocycles. The van der Waals surface area contributed by atoms with Crippen LogP contribution in [0.3, 0.4) is 0 Å². The lowest BCUT2D eigenvalue weighted by molar-refractivity contribution is 0.645. The molecule has 0 nitrogen and oxygen atoms in total. The Bertz CT molecular complexity index is 79.0. The summed E-state index contributed by atoms with van der Waals surface area (Å²) in [6.45, 7) is 10.4. The average molecular weight is 162 g/mol. The third-order valence-electron chi connectivity index (χ3n) is 1.21. The lowest BCUT2D eigenvalue weighted by Crippen LogP contribution is -2.02. The van der Waals surface area contributed by atoms with Gasteiger partial charge >= 0.3 is 0 Å². The fourth-order valence-corrected chi connectivity index (χ4v) is 2.14. The number of hydrogen-bond acceptors (Lipinski definition) is 2. The second kappa shape index (κ2) is 5.24. The van der Waals surface area contributed by atoms with Crippen LogP contribution in [0, 0.1) is 5.92 Å². The largest absolute Gasteiger partial charge is 0.0919 e. The van der Waals surface area contributed by atoms with Crippen molar-refractivity contribution in [3.05, 3.63) is 12.0 Å². The maximum atomic E-state index is 3.63. The smallest absolute Gasteiger partial charge is 0.0149 e. The van der Waals surface area contributed by atoms with E-state index in [1.807, 2.05) is 16.2 Å². The molecule has 1 unspecified atom stereocenters. The van der Waals surface area contributed by atoms with Gasteiger partial charge in [0, 0.05) is 5.25 Å². The highest BCUT2D eigenvalue weighted by molar-refractivity contribution is 8.78. The van der Waals surface area contributed by atoms with Gasteiger partial charge in [-0.25, -0.2) is 0 Å². The molecule has 0 aliphatic carbocycles. The van der Waals surface area contributed by atoms with Gasteiger partial charge in [-0.1, -0.05) is 48.9 Å². The maximum absolute atomic E-state index is 3.63. The molecule has 0 saturated heterocycles. The van der Waals surface area contributed by atoms with Gasteiger partial charge in [0.05, 0.1) is 0 Å². The van der Waals surface area contributed by atoms with Crippen LogP contribution in [0.1, 0.15) is 20.8 Å². The third-order valence-corrected chi connectivity index (χ3v) is 3.96. The highest BCUT2D eigenvalue weighted by Gasteiger charge is 2.05. The van der Waals surface area contributed by atoms with Crippen molar-refractivity contribution < 1.29 is 0 Å². The molecule has 0 aromatic rings. The normalized spacial score (nSPS) is 13.8. The Morgan fingerprint density at radius 3 is 2.22 bits per heavy atom. The average Bonchev–Trinajstić information content (AvgIpc) is 1.82. The first-order valence-corrected chi connectivity index (χ1v) is 5.39. The Morgan fingerprint density at radius 1 is 1.33 bits per heavy atom. The Morgan fingerprint density at radius 2 is 1.89 bits per heavy atom. The van der Waals surface area contributed by atoms with Crippen molar-refractivity contribution in [3.63, 3.8) is 0 Å². The van der Waals surface area contributed by atoms with E-state index in [-0.39, 0.29) is 0 Å². The maximum Gasteiger partial charge on any atom is 0.0149 e.